The second-order valence-corrected chi connectivity index (χ2v) is 10.8. The lowest BCUT2D eigenvalue weighted by Gasteiger charge is -2.34. The summed E-state index contributed by atoms with van der Waals surface area (Å²) in [7, 11) is -2.07. The van der Waals surface area contributed by atoms with E-state index in [0.717, 1.165) is 41.4 Å². The Labute approximate surface area is 169 Å². The summed E-state index contributed by atoms with van der Waals surface area (Å²) in [5.74, 6) is 0.478. The van der Waals surface area contributed by atoms with Crippen LogP contribution < -0.4 is 5.30 Å². The molecule has 1 aromatic carbocycles. The van der Waals surface area contributed by atoms with Gasteiger partial charge in [0.2, 0.25) is 0 Å². The quantitative estimate of drug-likeness (QED) is 0.466. The number of aromatic nitrogens is 2. The van der Waals surface area contributed by atoms with Crippen LogP contribution in [-0.4, -0.2) is 34.4 Å². The maximum absolute atomic E-state index is 6.65. The normalized spacial score (nSPS) is 16.6. The highest BCUT2D eigenvalue weighted by Gasteiger charge is 2.22. The van der Waals surface area contributed by atoms with Crippen molar-refractivity contribution in [2.45, 2.75) is 40.7 Å². The van der Waals surface area contributed by atoms with Gasteiger partial charge in [0.25, 0.3) is 0 Å². The van der Waals surface area contributed by atoms with Crippen LogP contribution in [0.1, 0.15) is 34.1 Å². The van der Waals surface area contributed by atoms with E-state index in [0.29, 0.717) is 5.92 Å². The van der Waals surface area contributed by atoms with Gasteiger partial charge in [0.05, 0.1) is 24.5 Å². The first-order valence-electron chi connectivity index (χ1n) is 10.00. The van der Waals surface area contributed by atoms with Crippen LogP contribution in [0.2, 0.25) is 0 Å². The van der Waals surface area contributed by atoms with E-state index in [1.54, 1.807) is 0 Å². The number of nitrogens with zero attached hydrogens (tertiary/aromatic N) is 3. The van der Waals surface area contributed by atoms with Crippen molar-refractivity contribution in [3.05, 3.63) is 60.0 Å². The van der Waals surface area contributed by atoms with Crippen molar-refractivity contribution in [1.29, 1.82) is 0 Å². The monoisotopic (exact) mass is 397 g/mol. The molecule has 0 radical (unpaired) electrons. The molecule has 0 fully saturated rings. The van der Waals surface area contributed by atoms with Crippen LogP contribution in [0.15, 0.2) is 60.0 Å². The minimum atomic E-state index is -2.07. The van der Waals surface area contributed by atoms with Crippen molar-refractivity contribution in [2.24, 2.45) is 5.92 Å². The molecule has 1 aromatic heterocycles. The zero-order chi connectivity index (χ0) is 20.3. The molecule has 1 unspecified atom stereocenters. The molecule has 0 N–H and O–H groups in total. The first-order valence-corrected chi connectivity index (χ1v) is 12.3. The van der Waals surface area contributed by atoms with E-state index in [2.05, 4.69) is 93.3 Å². The molecule has 1 aliphatic carbocycles. The molecule has 0 saturated carbocycles. The summed E-state index contributed by atoms with van der Waals surface area (Å²) < 4.78 is 8.66. The lowest BCUT2D eigenvalue weighted by Crippen LogP contribution is -2.29. The molecule has 0 bridgehead atoms. The summed E-state index contributed by atoms with van der Waals surface area (Å²) in [4.78, 5) is 0. The number of hydrogen-bond donors (Lipinski definition) is 0. The molecule has 1 heterocycles. The van der Waals surface area contributed by atoms with E-state index in [9.17, 15) is 0 Å². The van der Waals surface area contributed by atoms with Gasteiger partial charge >= 0.3 is 0 Å². The van der Waals surface area contributed by atoms with Crippen LogP contribution in [0.5, 0.6) is 0 Å². The second kappa shape index (κ2) is 8.55. The van der Waals surface area contributed by atoms with Gasteiger partial charge in [-0.15, -0.1) is 0 Å². The van der Waals surface area contributed by atoms with Crippen LogP contribution in [0.3, 0.4) is 0 Å². The van der Waals surface area contributed by atoms with Crippen LogP contribution in [0, 0.1) is 5.92 Å². The fourth-order valence-corrected chi connectivity index (χ4v) is 4.88. The third-order valence-electron chi connectivity index (χ3n) is 4.90. The SMILES string of the molecule is C=P(C)(ON(CC(C)C)C1=CC=CCC=C1C)c1ccc2c(cnn2CC)c1. The molecule has 2 aromatic rings. The summed E-state index contributed by atoms with van der Waals surface area (Å²) in [6.07, 6.45) is 16.1. The molecular formula is C23H32N3OP. The van der Waals surface area contributed by atoms with E-state index in [4.69, 9.17) is 4.62 Å². The van der Waals surface area contributed by atoms with Gasteiger partial charge in [-0.05, 0) is 56.6 Å². The van der Waals surface area contributed by atoms with Gasteiger partial charge in [0.1, 0.15) is 0 Å². The van der Waals surface area contributed by atoms with E-state index in [1.807, 2.05) is 10.9 Å². The van der Waals surface area contributed by atoms with Crippen molar-refractivity contribution < 1.29 is 4.62 Å². The highest BCUT2D eigenvalue weighted by Crippen LogP contribution is 2.44. The number of hydroxylamine groups is 2. The third-order valence-corrected chi connectivity index (χ3v) is 6.83. The van der Waals surface area contributed by atoms with E-state index < -0.39 is 7.11 Å². The number of aryl methyl sites for hydroxylation is 1. The zero-order valence-corrected chi connectivity index (χ0v) is 18.6. The Balaban J connectivity index is 1.93. The standard InChI is InChI=1S/C23H32N3OP/c1-7-25-23-14-13-21(15-20(23)16-24-25)28(5,6)27-26(17-18(2)3)22-12-10-8-9-11-19(22)4/h8,10-16,18H,5,7,9,17H2,1-4,6H3. The first kappa shape index (κ1) is 20.7. The summed E-state index contributed by atoms with van der Waals surface area (Å²) in [5, 5.41) is 8.81. The molecular weight excluding hydrogens is 365 g/mol. The molecule has 3 rings (SSSR count). The Morgan fingerprint density at radius 3 is 2.86 bits per heavy atom. The van der Waals surface area contributed by atoms with Crippen LogP contribution in [-0.2, 0) is 11.2 Å². The lowest BCUT2D eigenvalue weighted by molar-refractivity contribution is -0.0151. The number of rotatable bonds is 7. The van der Waals surface area contributed by atoms with Gasteiger partial charge in [0.15, 0.2) is 0 Å². The van der Waals surface area contributed by atoms with Crippen molar-refractivity contribution in [3.8, 4) is 0 Å². The van der Waals surface area contributed by atoms with Crippen LogP contribution in [0.4, 0.5) is 0 Å². The van der Waals surface area contributed by atoms with E-state index in [-0.39, 0.29) is 0 Å². The fourth-order valence-electron chi connectivity index (χ4n) is 3.39. The maximum atomic E-state index is 6.65. The van der Waals surface area contributed by atoms with Gasteiger partial charge < -0.3 is 0 Å². The Hall–Kier alpha value is -2.03. The number of fused-ring (bicyclic) bond motifs is 1. The van der Waals surface area contributed by atoms with Gasteiger partial charge in [-0.2, -0.15) is 5.10 Å². The maximum Gasteiger partial charge on any atom is 0.0682 e. The van der Waals surface area contributed by atoms with Crippen LogP contribution >= 0.6 is 7.11 Å². The number of benzene rings is 1. The molecule has 0 saturated heterocycles. The second-order valence-electron chi connectivity index (χ2n) is 7.94. The highest BCUT2D eigenvalue weighted by molar-refractivity contribution is 7.75. The molecule has 4 nitrogen and oxygen atoms in total. The van der Waals surface area contributed by atoms with Crippen LogP contribution in [0.25, 0.3) is 10.9 Å². The molecule has 150 valence electrons. The Bertz CT molecular complexity index is 981. The van der Waals surface area contributed by atoms with Crippen molar-refractivity contribution in [1.82, 2.24) is 14.8 Å². The topological polar surface area (TPSA) is 30.3 Å². The molecule has 5 heteroatoms. The zero-order valence-electron chi connectivity index (χ0n) is 17.7. The van der Waals surface area contributed by atoms with Crippen molar-refractivity contribution in [3.63, 3.8) is 0 Å². The van der Waals surface area contributed by atoms with Gasteiger partial charge in [-0.25, -0.2) is 5.06 Å². The average Bonchev–Trinajstić information content (AvgIpc) is 2.93. The molecule has 1 atom stereocenters. The van der Waals surface area contributed by atoms with Gasteiger partial charge in [0, 0.05) is 23.8 Å². The highest BCUT2D eigenvalue weighted by atomic mass is 31.2. The first-order chi connectivity index (χ1) is 13.3. The van der Waals surface area contributed by atoms with E-state index >= 15 is 0 Å². The summed E-state index contributed by atoms with van der Waals surface area (Å²) >= 11 is 0. The summed E-state index contributed by atoms with van der Waals surface area (Å²) in [6.45, 7) is 12.5. The molecule has 28 heavy (non-hydrogen) atoms. The fraction of sp³-hybridized carbons (Fsp3) is 0.391. The minimum absolute atomic E-state index is 0.478. The Kier molecular flexibility index (Phi) is 6.32. The predicted molar refractivity (Wildman–Crippen MR) is 123 cm³/mol. The minimum Gasteiger partial charge on any atom is -0.265 e. The third kappa shape index (κ3) is 4.51. The lowest BCUT2D eigenvalue weighted by atomic mass is 10.1. The number of hydrogen-bond acceptors (Lipinski definition) is 3. The van der Waals surface area contributed by atoms with E-state index in [1.165, 1.54) is 5.57 Å². The summed E-state index contributed by atoms with van der Waals surface area (Å²) in [5.41, 5.74) is 3.52. The van der Waals surface area contributed by atoms with Crippen molar-refractivity contribution in [2.75, 3.05) is 13.2 Å². The predicted octanol–water partition coefficient (Wildman–Crippen LogP) is 5.36. The Morgan fingerprint density at radius 1 is 1.36 bits per heavy atom. The molecule has 0 aliphatic heterocycles. The summed E-state index contributed by atoms with van der Waals surface area (Å²) in [6, 6.07) is 6.47. The largest absolute Gasteiger partial charge is 0.265 e. The smallest absolute Gasteiger partial charge is 0.0682 e. The van der Waals surface area contributed by atoms with Gasteiger partial charge in [-0.1, -0.05) is 44.4 Å². The molecule has 0 spiro atoms. The molecule has 0 amide bonds. The Morgan fingerprint density at radius 2 is 2.14 bits per heavy atom. The average molecular weight is 398 g/mol. The molecule has 1 aliphatic rings. The van der Waals surface area contributed by atoms with Gasteiger partial charge in [-0.3, -0.25) is 9.31 Å². The number of allylic oxidation sites excluding steroid dienone is 5. The van der Waals surface area contributed by atoms with Crippen molar-refractivity contribution >= 4 is 29.6 Å².